The predicted octanol–water partition coefficient (Wildman–Crippen LogP) is 18.5. The van der Waals surface area contributed by atoms with Gasteiger partial charge in [-0.2, -0.15) is 0 Å². The van der Waals surface area contributed by atoms with Gasteiger partial charge in [-0.15, -0.1) is 102 Å². The van der Waals surface area contributed by atoms with E-state index in [0.29, 0.717) is 0 Å². The van der Waals surface area contributed by atoms with Gasteiger partial charge in [-0.1, -0.05) is 116 Å². The maximum Gasteiger partial charge on any atom is 0.0931 e. The molecule has 0 atom stereocenters. The molecule has 0 unspecified atom stereocenters. The minimum atomic E-state index is 0.912. The van der Waals surface area contributed by atoms with Crippen LogP contribution in [0.3, 0.4) is 0 Å². The largest absolute Gasteiger partial charge is 0.148 e. The Morgan fingerprint density at radius 2 is 0.494 bits per heavy atom. The fraction of sp³-hybridized carbons (Fsp3) is 0.257. The summed E-state index contributed by atoms with van der Waals surface area (Å²) in [5, 5.41) is 2.15. The summed E-state index contributed by atoms with van der Waals surface area (Å²) in [6.45, 7) is 19.7. The molecule has 0 aliphatic carbocycles. The number of hydrogen-bond acceptors (Lipinski definition) is 9. The molecule has 0 saturated heterocycles. The average Bonchev–Trinajstić information content (AvgIpc) is 4.38. The van der Waals surface area contributed by atoms with Gasteiger partial charge in [-0.05, 0) is 160 Å². The second-order valence-corrected chi connectivity index (χ2v) is 28.1. The topological polar surface area (TPSA) is 0 Å². The first kappa shape index (κ1) is 57.5. The summed E-state index contributed by atoms with van der Waals surface area (Å²) in [4.78, 5) is 19.6. The molecule has 0 radical (unpaired) electrons. The van der Waals surface area contributed by atoms with Gasteiger partial charge in [-0.3, -0.25) is 0 Å². The second kappa shape index (κ2) is 27.8. The standard InChI is InChI=1S/C70H56S9/c1-10-54-28-29-63(72-54)27-20-47-38-56(12-3)74-65(47)31-22-49-40-58(14-5)76-67(49)33-24-51-42-60(16-7)78-69(51)35-26-53-44-62(18-9)79-70(53)36-25-52-43-61(17-8)77-68(52)34-23-50-41-59(15-6)75-66(50)32-21-48-39-57(13-4)73-64(48)30-19-46-37-55(11-2)71-45-46/h28-29,37-45H,10-18H2,1-9H3. The third kappa shape index (κ3) is 14.8. The molecule has 9 rings (SSSR count). The third-order valence-electron chi connectivity index (χ3n) is 12.4. The van der Waals surface area contributed by atoms with Crippen molar-refractivity contribution in [1.29, 1.82) is 0 Å². The zero-order chi connectivity index (χ0) is 55.3. The van der Waals surface area contributed by atoms with Crippen molar-refractivity contribution < 1.29 is 0 Å². The zero-order valence-electron chi connectivity index (χ0n) is 45.9. The minimum absolute atomic E-state index is 0.912. The Kier molecular flexibility index (Phi) is 20.2. The highest BCUT2D eigenvalue weighted by Crippen LogP contribution is 2.30. The molecular formula is C70H56S9. The lowest BCUT2D eigenvalue weighted by Crippen LogP contribution is -1.80. The SMILES string of the molecule is CCc1cc(C#Cc2sc(CC)cc2C#Cc2sc(CC)cc2C#Cc2sc(CC)cc2C#Cc2sc(CC)cc2C#Cc2sc(CC)cc2C#Cc2sc(CC)cc2C#Cc2sc(CC)cc2C#Cc2ccc(CC)s2)cs1. The molecule has 390 valence electrons. The molecule has 9 aromatic rings. The predicted molar refractivity (Wildman–Crippen MR) is 351 cm³/mol. The van der Waals surface area contributed by atoms with Crippen LogP contribution in [-0.4, -0.2) is 0 Å². The van der Waals surface area contributed by atoms with Gasteiger partial charge < -0.3 is 0 Å². The molecule has 0 aliphatic rings. The average molecular weight is 1190 g/mol. The fourth-order valence-electron chi connectivity index (χ4n) is 7.88. The molecule has 0 nitrogen and oxygen atoms in total. The second-order valence-electron chi connectivity index (χ2n) is 17.9. The van der Waals surface area contributed by atoms with Crippen molar-refractivity contribution in [2.24, 2.45) is 0 Å². The van der Waals surface area contributed by atoms with Crippen molar-refractivity contribution in [2.75, 3.05) is 0 Å². The van der Waals surface area contributed by atoms with Crippen LogP contribution in [0.4, 0.5) is 0 Å². The van der Waals surface area contributed by atoms with Crippen LogP contribution in [0.1, 0.15) is 190 Å². The molecule has 9 heteroatoms. The van der Waals surface area contributed by atoms with Crippen LogP contribution < -0.4 is 0 Å². The van der Waals surface area contributed by atoms with Crippen LogP contribution in [0.15, 0.2) is 66.0 Å². The van der Waals surface area contributed by atoms with Crippen molar-refractivity contribution in [1.82, 2.24) is 0 Å². The van der Waals surface area contributed by atoms with Crippen molar-refractivity contribution >= 4 is 102 Å². The van der Waals surface area contributed by atoms with Crippen LogP contribution in [0, 0.1) is 94.7 Å². The molecule has 0 amide bonds. The maximum atomic E-state index is 3.57. The lowest BCUT2D eigenvalue weighted by Gasteiger charge is -1.89. The van der Waals surface area contributed by atoms with Crippen molar-refractivity contribution in [2.45, 2.75) is 120 Å². The molecule has 0 N–H and O–H groups in total. The summed E-state index contributed by atoms with van der Waals surface area (Å²) in [6.07, 6.45) is 8.55. The first-order valence-corrected chi connectivity index (χ1v) is 34.2. The van der Waals surface area contributed by atoms with E-state index < -0.39 is 0 Å². The van der Waals surface area contributed by atoms with E-state index in [1.165, 1.54) is 43.9 Å². The Morgan fingerprint density at radius 1 is 0.241 bits per heavy atom. The number of rotatable bonds is 9. The van der Waals surface area contributed by atoms with Crippen molar-refractivity contribution in [3.8, 4) is 94.7 Å². The van der Waals surface area contributed by atoms with Gasteiger partial charge in [0.2, 0.25) is 0 Å². The Balaban J connectivity index is 0.983. The molecule has 0 saturated carbocycles. The number of aryl methyl sites for hydroxylation is 9. The molecular weight excluding hydrogens is 1130 g/mol. The molecule has 0 fully saturated rings. The first-order chi connectivity index (χ1) is 38.6. The van der Waals surface area contributed by atoms with Gasteiger partial charge in [0.15, 0.2) is 0 Å². The number of hydrogen-bond donors (Lipinski definition) is 0. The molecule has 79 heavy (non-hydrogen) atoms. The van der Waals surface area contributed by atoms with E-state index in [9.17, 15) is 0 Å². The van der Waals surface area contributed by atoms with E-state index in [0.717, 1.165) is 141 Å². The molecule has 0 bridgehead atoms. The Bertz CT molecular complexity index is 3960. The molecule has 0 spiro atoms. The molecule has 9 aromatic heterocycles. The van der Waals surface area contributed by atoms with E-state index in [1.807, 2.05) is 0 Å². The van der Waals surface area contributed by atoms with Crippen LogP contribution in [0.2, 0.25) is 0 Å². The minimum Gasteiger partial charge on any atom is -0.148 e. The van der Waals surface area contributed by atoms with E-state index in [4.69, 9.17) is 0 Å². The normalized spacial score (nSPS) is 10.2. The highest BCUT2D eigenvalue weighted by molar-refractivity contribution is 7.15. The monoisotopic (exact) mass is 1180 g/mol. The van der Waals surface area contributed by atoms with Crippen LogP contribution in [-0.2, 0) is 57.8 Å². The van der Waals surface area contributed by atoms with E-state index in [-0.39, 0.29) is 0 Å². The summed E-state index contributed by atoms with van der Waals surface area (Å²) in [6, 6.07) is 21.9. The van der Waals surface area contributed by atoms with Crippen LogP contribution >= 0.6 is 102 Å². The summed E-state index contributed by atoms with van der Waals surface area (Å²) in [5.41, 5.74) is 7.82. The smallest absolute Gasteiger partial charge is 0.0931 e. The van der Waals surface area contributed by atoms with Gasteiger partial charge >= 0.3 is 0 Å². The molecule has 0 aliphatic heterocycles. The lowest BCUT2D eigenvalue weighted by atomic mass is 10.1. The van der Waals surface area contributed by atoms with Gasteiger partial charge in [0.25, 0.3) is 0 Å². The van der Waals surface area contributed by atoms with E-state index in [2.05, 4.69) is 223 Å². The van der Waals surface area contributed by atoms with Crippen LogP contribution in [0.5, 0.6) is 0 Å². The summed E-state index contributed by atoms with van der Waals surface area (Å²) >= 11 is 15.7. The van der Waals surface area contributed by atoms with E-state index in [1.54, 1.807) is 102 Å². The highest BCUT2D eigenvalue weighted by Gasteiger charge is 2.13. The third-order valence-corrected chi connectivity index (χ3v) is 23.0. The van der Waals surface area contributed by atoms with Crippen molar-refractivity contribution in [3.63, 3.8) is 0 Å². The molecule has 9 heterocycles. The Labute approximate surface area is 505 Å². The lowest BCUT2D eigenvalue weighted by molar-refractivity contribution is 1.19. The zero-order valence-corrected chi connectivity index (χ0v) is 53.2. The van der Waals surface area contributed by atoms with Gasteiger partial charge in [0.05, 0.1) is 78.0 Å². The summed E-state index contributed by atoms with van der Waals surface area (Å²) in [7, 11) is 0. The van der Waals surface area contributed by atoms with Gasteiger partial charge in [0, 0.05) is 54.8 Å². The first-order valence-electron chi connectivity index (χ1n) is 26.8. The van der Waals surface area contributed by atoms with Gasteiger partial charge in [0.1, 0.15) is 0 Å². The van der Waals surface area contributed by atoms with Crippen LogP contribution in [0.25, 0.3) is 0 Å². The van der Waals surface area contributed by atoms with Crippen molar-refractivity contribution in [3.05, 3.63) is 193 Å². The van der Waals surface area contributed by atoms with E-state index >= 15 is 0 Å². The fourth-order valence-corrected chi connectivity index (χ4v) is 15.8. The number of thiophene rings is 9. The molecule has 0 aromatic carbocycles. The maximum absolute atomic E-state index is 3.57. The Hall–Kier alpha value is -6.22. The summed E-state index contributed by atoms with van der Waals surface area (Å²) < 4.78 is 0. The van der Waals surface area contributed by atoms with Gasteiger partial charge in [-0.25, -0.2) is 0 Å². The quantitative estimate of drug-likeness (QED) is 0.126. The Morgan fingerprint density at radius 3 is 0.734 bits per heavy atom. The summed E-state index contributed by atoms with van der Waals surface area (Å²) in [5.74, 6) is 56.3. The highest BCUT2D eigenvalue weighted by atomic mass is 32.1.